The van der Waals surface area contributed by atoms with E-state index >= 15 is 0 Å². The molecule has 0 heterocycles. The summed E-state index contributed by atoms with van der Waals surface area (Å²) in [5, 5.41) is 12.3. The number of hydrogen-bond donors (Lipinski definition) is 1. The van der Waals surface area contributed by atoms with Crippen LogP contribution in [-0.2, 0) is 4.79 Å². The molecule has 0 atom stereocenters. The second-order valence-electron chi connectivity index (χ2n) is 7.06. The lowest BCUT2D eigenvalue weighted by Gasteiger charge is -2.16. The quantitative estimate of drug-likeness (QED) is 0.639. The molecule has 0 fully saturated rings. The Hall–Kier alpha value is -3.07. The van der Waals surface area contributed by atoms with E-state index in [4.69, 9.17) is 4.74 Å². The van der Waals surface area contributed by atoms with Crippen molar-refractivity contribution in [3.8, 4) is 16.9 Å². The second-order valence-corrected chi connectivity index (χ2v) is 7.06. The molecular formula is C24H22O3. The molecule has 0 amide bonds. The summed E-state index contributed by atoms with van der Waals surface area (Å²) in [6, 6.07) is 18.4. The fourth-order valence-electron chi connectivity index (χ4n) is 3.79. The summed E-state index contributed by atoms with van der Waals surface area (Å²) < 4.78 is 5.34. The lowest BCUT2D eigenvalue weighted by atomic mass is 9.89. The molecule has 0 saturated heterocycles. The Bertz CT molecular complexity index is 1080. The van der Waals surface area contributed by atoms with Crippen LogP contribution in [0.4, 0.5) is 0 Å². The molecule has 0 aromatic heterocycles. The topological polar surface area (TPSA) is 46.5 Å². The predicted octanol–water partition coefficient (Wildman–Crippen LogP) is 5.85. The number of benzene rings is 3. The molecule has 27 heavy (non-hydrogen) atoms. The number of aryl methyl sites for hydroxylation is 1. The standard InChI is InChI=1S/C24H22O3/c1-15-12-16(10-11-23(15)27-2)17-6-7-19-14-20(9-8-18(19)13-17)24-21(25)4-3-5-22(24)26/h6-14,25H,3-5H2,1-2H3. The van der Waals surface area contributed by atoms with Gasteiger partial charge >= 0.3 is 0 Å². The molecule has 0 saturated carbocycles. The van der Waals surface area contributed by atoms with Crippen molar-refractivity contribution in [3.05, 3.63) is 71.5 Å². The van der Waals surface area contributed by atoms with E-state index in [1.54, 1.807) is 7.11 Å². The van der Waals surface area contributed by atoms with Crippen molar-refractivity contribution in [1.29, 1.82) is 0 Å². The highest BCUT2D eigenvalue weighted by Crippen LogP contribution is 2.32. The average Bonchev–Trinajstić information content (AvgIpc) is 2.67. The third-order valence-electron chi connectivity index (χ3n) is 5.24. The van der Waals surface area contributed by atoms with Gasteiger partial charge in [0.15, 0.2) is 5.78 Å². The number of aliphatic hydroxyl groups is 1. The van der Waals surface area contributed by atoms with Gasteiger partial charge in [0.25, 0.3) is 0 Å². The molecule has 3 nitrogen and oxygen atoms in total. The fraction of sp³-hybridized carbons (Fsp3) is 0.208. The summed E-state index contributed by atoms with van der Waals surface area (Å²) in [5.74, 6) is 1.13. The number of methoxy groups -OCH3 is 1. The molecule has 0 unspecified atom stereocenters. The third-order valence-corrected chi connectivity index (χ3v) is 5.24. The van der Waals surface area contributed by atoms with Gasteiger partial charge in [-0.25, -0.2) is 0 Å². The van der Waals surface area contributed by atoms with Crippen LogP contribution in [0, 0.1) is 6.92 Å². The van der Waals surface area contributed by atoms with Gasteiger partial charge in [0.2, 0.25) is 0 Å². The first kappa shape index (κ1) is 17.3. The second kappa shape index (κ2) is 6.92. The fourth-order valence-corrected chi connectivity index (χ4v) is 3.79. The molecule has 136 valence electrons. The predicted molar refractivity (Wildman–Crippen MR) is 109 cm³/mol. The Kier molecular flexibility index (Phi) is 4.44. The normalized spacial score (nSPS) is 14.7. The number of allylic oxidation sites excluding steroid dienone is 2. The highest BCUT2D eigenvalue weighted by atomic mass is 16.5. The van der Waals surface area contributed by atoms with E-state index in [9.17, 15) is 9.90 Å². The molecule has 1 aliphatic carbocycles. The molecule has 4 rings (SSSR count). The maximum absolute atomic E-state index is 12.2. The summed E-state index contributed by atoms with van der Waals surface area (Å²) >= 11 is 0. The average molecular weight is 358 g/mol. The zero-order valence-corrected chi connectivity index (χ0v) is 15.6. The van der Waals surface area contributed by atoms with E-state index in [2.05, 4.69) is 30.3 Å². The number of hydrogen-bond acceptors (Lipinski definition) is 3. The molecule has 0 aliphatic heterocycles. The number of ether oxygens (including phenoxy) is 1. The van der Waals surface area contributed by atoms with E-state index in [1.807, 2.05) is 31.2 Å². The summed E-state index contributed by atoms with van der Waals surface area (Å²) in [5.41, 5.74) is 4.67. The molecule has 1 aliphatic rings. The van der Waals surface area contributed by atoms with Crippen LogP contribution < -0.4 is 4.74 Å². The molecule has 0 spiro atoms. The van der Waals surface area contributed by atoms with Crippen LogP contribution >= 0.6 is 0 Å². The van der Waals surface area contributed by atoms with E-state index < -0.39 is 0 Å². The number of carbonyl (C=O) groups excluding carboxylic acids is 1. The van der Waals surface area contributed by atoms with Crippen LogP contribution in [-0.4, -0.2) is 18.0 Å². The smallest absolute Gasteiger partial charge is 0.166 e. The first-order valence-corrected chi connectivity index (χ1v) is 9.21. The number of rotatable bonds is 3. The first-order valence-electron chi connectivity index (χ1n) is 9.21. The summed E-state index contributed by atoms with van der Waals surface area (Å²) in [4.78, 5) is 12.2. The summed E-state index contributed by atoms with van der Waals surface area (Å²) in [7, 11) is 1.68. The molecule has 0 radical (unpaired) electrons. The lowest BCUT2D eigenvalue weighted by molar-refractivity contribution is -0.114. The van der Waals surface area contributed by atoms with Crippen LogP contribution in [0.3, 0.4) is 0 Å². The van der Waals surface area contributed by atoms with Crippen molar-refractivity contribution in [1.82, 2.24) is 0 Å². The highest BCUT2D eigenvalue weighted by Gasteiger charge is 2.21. The van der Waals surface area contributed by atoms with Crippen LogP contribution in [0.5, 0.6) is 5.75 Å². The number of ketones is 1. The number of Topliss-reactive ketones (excluding diaryl/α,β-unsaturated/α-hetero) is 1. The number of fused-ring (bicyclic) bond motifs is 1. The Labute approximate surface area is 158 Å². The van der Waals surface area contributed by atoms with Gasteiger partial charge in [0, 0.05) is 12.8 Å². The maximum atomic E-state index is 12.2. The maximum Gasteiger partial charge on any atom is 0.166 e. The van der Waals surface area contributed by atoms with Crippen molar-refractivity contribution in [2.75, 3.05) is 7.11 Å². The Morgan fingerprint density at radius 1 is 0.852 bits per heavy atom. The van der Waals surface area contributed by atoms with E-state index in [1.165, 1.54) is 0 Å². The lowest BCUT2D eigenvalue weighted by Crippen LogP contribution is -2.10. The van der Waals surface area contributed by atoms with Crippen LogP contribution in [0.25, 0.3) is 27.5 Å². The molecule has 3 aromatic carbocycles. The molecule has 1 N–H and O–H groups in total. The van der Waals surface area contributed by atoms with Crippen molar-refractivity contribution < 1.29 is 14.6 Å². The van der Waals surface area contributed by atoms with Crippen molar-refractivity contribution in [2.24, 2.45) is 0 Å². The van der Waals surface area contributed by atoms with Gasteiger partial charge in [-0.05, 0) is 70.6 Å². The third kappa shape index (κ3) is 3.21. The molecule has 0 bridgehead atoms. The van der Waals surface area contributed by atoms with Crippen LogP contribution in [0.1, 0.15) is 30.4 Å². The van der Waals surface area contributed by atoms with Crippen molar-refractivity contribution >= 4 is 22.1 Å². The van der Waals surface area contributed by atoms with Gasteiger partial charge in [0.05, 0.1) is 12.7 Å². The minimum absolute atomic E-state index is 0.0310. The van der Waals surface area contributed by atoms with E-state index in [0.717, 1.165) is 45.2 Å². The van der Waals surface area contributed by atoms with E-state index in [-0.39, 0.29) is 11.5 Å². The van der Waals surface area contributed by atoms with Gasteiger partial charge < -0.3 is 9.84 Å². The Balaban J connectivity index is 1.75. The minimum atomic E-state index is 0.0310. The van der Waals surface area contributed by atoms with Crippen LogP contribution in [0.2, 0.25) is 0 Å². The van der Waals surface area contributed by atoms with Crippen molar-refractivity contribution in [2.45, 2.75) is 26.2 Å². The highest BCUT2D eigenvalue weighted by molar-refractivity contribution is 6.22. The van der Waals surface area contributed by atoms with Gasteiger partial charge in [-0.15, -0.1) is 0 Å². The van der Waals surface area contributed by atoms with Crippen molar-refractivity contribution in [3.63, 3.8) is 0 Å². The zero-order valence-electron chi connectivity index (χ0n) is 15.6. The SMILES string of the molecule is COc1ccc(-c2ccc3cc(C4=C(O)CCCC4=O)ccc3c2)cc1C. The van der Waals surface area contributed by atoms with Crippen LogP contribution in [0.15, 0.2) is 60.4 Å². The van der Waals surface area contributed by atoms with Gasteiger partial charge in [-0.1, -0.05) is 30.3 Å². The molecule has 3 heteroatoms. The van der Waals surface area contributed by atoms with Gasteiger partial charge in [-0.2, -0.15) is 0 Å². The minimum Gasteiger partial charge on any atom is -0.512 e. The Morgan fingerprint density at radius 2 is 1.48 bits per heavy atom. The summed E-state index contributed by atoms with van der Waals surface area (Å²) in [6.07, 6.45) is 1.81. The monoisotopic (exact) mass is 358 g/mol. The first-order chi connectivity index (χ1) is 13.1. The van der Waals surface area contributed by atoms with Gasteiger partial charge in [-0.3, -0.25) is 4.79 Å². The zero-order chi connectivity index (χ0) is 19.0. The largest absolute Gasteiger partial charge is 0.512 e. The number of aliphatic hydroxyl groups excluding tert-OH is 1. The number of carbonyl (C=O) groups is 1. The van der Waals surface area contributed by atoms with E-state index in [0.29, 0.717) is 18.4 Å². The summed E-state index contributed by atoms with van der Waals surface area (Å²) in [6.45, 7) is 2.04. The Morgan fingerprint density at radius 3 is 2.15 bits per heavy atom. The molecule has 3 aromatic rings. The molecular weight excluding hydrogens is 336 g/mol. The van der Waals surface area contributed by atoms with Gasteiger partial charge in [0.1, 0.15) is 11.5 Å².